The minimum absolute atomic E-state index is 0.0775. The Kier molecular flexibility index (Phi) is 3.97. The smallest absolute Gasteiger partial charge is 0.287 e. The molecule has 0 aliphatic heterocycles. The number of nitrogens with one attached hydrogen (secondary N) is 1. The lowest BCUT2D eigenvalue weighted by Gasteiger charge is -2.04. The maximum Gasteiger partial charge on any atom is 0.287 e. The SMILES string of the molecule is COc1ccc(C(=O)CNC(=O)c2ccco2)cc1. The second kappa shape index (κ2) is 5.86. The third-order valence-corrected chi connectivity index (χ3v) is 2.57. The Morgan fingerprint density at radius 2 is 1.95 bits per heavy atom. The lowest BCUT2D eigenvalue weighted by atomic mass is 10.1. The lowest BCUT2D eigenvalue weighted by Crippen LogP contribution is -2.29. The van der Waals surface area contributed by atoms with Crippen LogP contribution in [-0.4, -0.2) is 25.3 Å². The van der Waals surface area contributed by atoms with E-state index in [1.807, 2.05) is 0 Å². The first-order chi connectivity index (χ1) is 9.20. The number of furan rings is 1. The van der Waals surface area contributed by atoms with Gasteiger partial charge in [0.25, 0.3) is 5.91 Å². The van der Waals surface area contributed by atoms with Crippen LogP contribution in [0.15, 0.2) is 47.1 Å². The van der Waals surface area contributed by atoms with Gasteiger partial charge >= 0.3 is 0 Å². The number of amides is 1. The summed E-state index contributed by atoms with van der Waals surface area (Å²) in [6.45, 7) is -0.0775. The highest BCUT2D eigenvalue weighted by Crippen LogP contribution is 2.11. The molecular formula is C14H13NO4. The molecule has 2 aromatic rings. The number of Topliss-reactive ketones (excluding diaryl/α,β-unsaturated/α-hetero) is 1. The van der Waals surface area contributed by atoms with E-state index in [4.69, 9.17) is 9.15 Å². The van der Waals surface area contributed by atoms with Gasteiger partial charge in [0.05, 0.1) is 19.9 Å². The quantitative estimate of drug-likeness (QED) is 0.833. The Morgan fingerprint density at radius 3 is 2.53 bits per heavy atom. The van der Waals surface area contributed by atoms with Crippen LogP contribution in [0, 0.1) is 0 Å². The molecule has 0 saturated heterocycles. The van der Waals surface area contributed by atoms with E-state index in [-0.39, 0.29) is 18.1 Å². The van der Waals surface area contributed by atoms with Crippen LogP contribution in [0.5, 0.6) is 5.75 Å². The number of ether oxygens (including phenoxy) is 1. The topological polar surface area (TPSA) is 68.5 Å². The number of hydrogen-bond acceptors (Lipinski definition) is 4. The van der Waals surface area contributed by atoms with Gasteiger partial charge in [-0.1, -0.05) is 0 Å². The molecule has 0 bridgehead atoms. The summed E-state index contributed by atoms with van der Waals surface area (Å²) in [7, 11) is 1.56. The van der Waals surface area contributed by atoms with Gasteiger partial charge in [0.15, 0.2) is 11.5 Å². The maximum absolute atomic E-state index is 11.8. The van der Waals surface area contributed by atoms with Crippen LogP contribution in [-0.2, 0) is 0 Å². The van der Waals surface area contributed by atoms with Gasteiger partial charge in [-0.05, 0) is 36.4 Å². The second-order valence-electron chi connectivity index (χ2n) is 3.81. The van der Waals surface area contributed by atoms with Gasteiger partial charge in [-0.25, -0.2) is 0 Å². The molecule has 1 N–H and O–H groups in total. The van der Waals surface area contributed by atoms with Gasteiger partial charge in [0.2, 0.25) is 0 Å². The van der Waals surface area contributed by atoms with Gasteiger partial charge < -0.3 is 14.5 Å². The van der Waals surface area contributed by atoms with E-state index in [0.717, 1.165) is 0 Å². The van der Waals surface area contributed by atoms with Crippen molar-refractivity contribution in [2.75, 3.05) is 13.7 Å². The summed E-state index contributed by atoms with van der Waals surface area (Å²) in [5.74, 6) is 0.271. The fourth-order valence-electron chi connectivity index (χ4n) is 1.53. The van der Waals surface area contributed by atoms with Crippen LogP contribution < -0.4 is 10.1 Å². The van der Waals surface area contributed by atoms with Gasteiger partial charge in [-0.2, -0.15) is 0 Å². The minimum Gasteiger partial charge on any atom is -0.497 e. The molecule has 1 aromatic heterocycles. The molecule has 0 radical (unpaired) electrons. The van der Waals surface area contributed by atoms with Crippen molar-refractivity contribution in [3.8, 4) is 5.75 Å². The normalized spacial score (nSPS) is 9.95. The summed E-state index contributed by atoms with van der Waals surface area (Å²) in [4.78, 5) is 23.4. The molecular weight excluding hydrogens is 246 g/mol. The molecule has 0 atom stereocenters. The second-order valence-corrected chi connectivity index (χ2v) is 3.81. The summed E-state index contributed by atoms with van der Waals surface area (Å²) in [6, 6.07) is 9.84. The Bertz CT molecular complexity index is 558. The highest BCUT2D eigenvalue weighted by atomic mass is 16.5. The zero-order valence-electron chi connectivity index (χ0n) is 10.4. The van der Waals surface area contributed by atoms with Crippen molar-refractivity contribution >= 4 is 11.7 Å². The number of carbonyl (C=O) groups is 2. The molecule has 1 aromatic carbocycles. The summed E-state index contributed by atoms with van der Waals surface area (Å²) in [6.07, 6.45) is 1.40. The van der Waals surface area contributed by atoms with E-state index in [9.17, 15) is 9.59 Å². The zero-order chi connectivity index (χ0) is 13.7. The van der Waals surface area contributed by atoms with Crippen LogP contribution in [0.1, 0.15) is 20.9 Å². The van der Waals surface area contributed by atoms with Crippen LogP contribution in [0.4, 0.5) is 0 Å². The van der Waals surface area contributed by atoms with E-state index in [0.29, 0.717) is 11.3 Å². The molecule has 1 heterocycles. The van der Waals surface area contributed by atoms with Crippen molar-refractivity contribution in [3.05, 3.63) is 54.0 Å². The fourth-order valence-corrected chi connectivity index (χ4v) is 1.53. The molecule has 19 heavy (non-hydrogen) atoms. The van der Waals surface area contributed by atoms with E-state index >= 15 is 0 Å². The number of benzene rings is 1. The summed E-state index contributed by atoms with van der Waals surface area (Å²) in [5.41, 5.74) is 0.514. The predicted molar refractivity (Wildman–Crippen MR) is 68.4 cm³/mol. The molecule has 1 amide bonds. The van der Waals surface area contributed by atoms with Crippen LogP contribution in [0.3, 0.4) is 0 Å². The van der Waals surface area contributed by atoms with Crippen molar-refractivity contribution in [2.24, 2.45) is 0 Å². The van der Waals surface area contributed by atoms with E-state index in [1.54, 1.807) is 37.4 Å². The third-order valence-electron chi connectivity index (χ3n) is 2.57. The van der Waals surface area contributed by atoms with Crippen molar-refractivity contribution < 1.29 is 18.7 Å². The molecule has 0 saturated carbocycles. The lowest BCUT2D eigenvalue weighted by molar-refractivity contribution is 0.0885. The summed E-state index contributed by atoms with van der Waals surface area (Å²) < 4.78 is 9.93. The minimum atomic E-state index is -0.410. The number of ketones is 1. The molecule has 0 unspecified atom stereocenters. The molecule has 0 aliphatic carbocycles. The monoisotopic (exact) mass is 259 g/mol. The maximum atomic E-state index is 11.8. The van der Waals surface area contributed by atoms with Crippen molar-refractivity contribution in [3.63, 3.8) is 0 Å². The summed E-state index contributed by atoms with van der Waals surface area (Å²) in [5, 5.41) is 2.50. The number of methoxy groups -OCH3 is 1. The Morgan fingerprint density at radius 1 is 1.21 bits per heavy atom. The fraction of sp³-hybridized carbons (Fsp3) is 0.143. The highest BCUT2D eigenvalue weighted by Gasteiger charge is 2.11. The van der Waals surface area contributed by atoms with Crippen molar-refractivity contribution in [2.45, 2.75) is 0 Å². The largest absolute Gasteiger partial charge is 0.497 e. The Hall–Kier alpha value is -2.56. The van der Waals surface area contributed by atoms with Gasteiger partial charge in [-0.3, -0.25) is 9.59 Å². The van der Waals surface area contributed by atoms with Crippen LogP contribution >= 0.6 is 0 Å². The van der Waals surface area contributed by atoms with Crippen molar-refractivity contribution in [1.82, 2.24) is 5.32 Å². The predicted octanol–water partition coefficient (Wildman–Crippen LogP) is 1.90. The van der Waals surface area contributed by atoms with Gasteiger partial charge in [0.1, 0.15) is 5.75 Å². The number of carbonyl (C=O) groups excluding carboxylic acids is 2. The molecule has 0 fully saturated rings. The average Bonchev–Trinajstić information content (AvgIpc) is 2.98. The molecule has 98 valence electrons. The standard InChI is InChI=1S/C14H13NO4/c1-18-11-6-4-10(5-7-11)12(16)9-15-14(17)13-3-2-8-19-13/h2-8H,9H2,1H3,(H,15,17). The van der Waals surface area contributed by atoms with Crippen molar-refractivity contribution in [1.29, 1.82) is 0 Å². The molecule has 5 heteroatoms. The molecule has 0 aliphatic rings. The van der Waals surface area contributed by atoms with E-state index < -0.39 is 5.91 Å². The molecule has 0 spiro atoms. The first kappa shape index (κ1) is 12.9. The highest BCUT2D eigenvalue weighted by molar-refractivity contribution is 6.01. The first-order valence-corrected chi connectivity index (χ1v) is 5.69. The van der Waals surface area contributed by atoms with Gasteiger partial charge in [0, 0.05) is 5.56 Å². The van der Waals surface area contributed by atoms with Crippen LogP contribution in [0.25, 0.3) is 0 Å². The number of hydrogen-bond donors (Lipinski definition) is 1. The molecule has 2 rings (SSSR count). The average molecular weight is 259 g/mol. The van der Waals surface area contributed by atoms with Gasteiger partial charge in [-0.15, -0.1) is 0 Å². The van der Waals surface area contributed by atoms with E-state index in [1.165, 1.54) is 12.3 Å². The number of rotatable bonds is 5. The molecule has 5 nitrogen and oxygen atoms in total. The summed E-state index contributed by atoms with van der Waals surface area (Å²) >= 11 is 0. The van der Waals surface area contributed by atoms with Crippen LogP contribution in [0.2, 0.25) is 0 Å². The third kappa shape index (κ3) is 3.22. The zero-order valence-corrected chi connectivity index (χ0v) is 10.4. The first-order valence-electron chi connectivity index (χ1n) is 5.69. The van der Waals surface area contributed by atoms with E-state index in [2.05, 4.69) is 5.32 Å². The Labute approximate surface area is 110 Å². The Balaban J connectivity index is 1.92.